The molecule has 1 amide bonds. The fraction of sp³-hybridized carbons (Fsp3) is 0.389. The van der Waals surface area contributed by atoms with Crippen molar-refractivity contribution < 1.29 is 14.3 Å². The van der Waals surface area contributed by atoms with E-state index >= 15 is 0 Å². The van der Waals surface area contributed by atoms with Gasteiger partial charge in [0.05, 0.1) is 19.7 Å². The van der Waals surface area contributed by atoms with Crippen molar-refractivity contribution in [2.24, 2.45) is 5.92 Å². The Bertz CT molecular complexity index is 680. The SMILES string of the molecule is O=C(CN[C@@H](CO)C1CC1)NCc1ccc(-c2ccc(Cl)cc2)o1. The normalized spacial score (nSPS) is 15.2. The van der Waals surface area contributed by atoms with E-state index in [1.165, 1.54) is 0 Å². The summed E-state index contributed by atoms with van der Waals surface area (Å²) in [6.07, 6.45) is 2.25. The quantitative estimate of drug-likeness (QED) is 0.685. The molecule has 3 N–H and O–H groups in total. The van der Waals surface area contributed by atoms with Crippen molar-refractivity contribution in [2.75, 3.05) is 13.2 Å². The lowest BCUT2D eigenvalue weighted by Crippen LogP contribution is -2.41. The first kappa shape index (κ1) is 17.0. The van der Waals surface area contributed by atoms with Gasteiger partial charge >= 0.3 is 0 Å². The van der Waals surface area contributed by atoms with Gasteiger partial charge in [-0.15, -0.1) is 0 Å². The third kappa shape index (κ3) is 4.60. The van der Waals surface area contributed by atoms with E-state index in [1.807, 2.05) is 36.4 Å². The average molecular weight is 349 g/mol. The molecule has 1 aromatic heterocycles. The van der Waals surface area contributed by atoms with E-state index in [4.69, 9.17) is 16.0 Å². The van der Waals surface area contributed by atoms with Crippen molar-refractivity contribution in [1.29, 1.82) is 0 Å². The summed E-state index contributed by atoms with van der Waals surface area (Å²) in [5, 5.41) is 15.9. The van der Waals surface area contributed by atoms with Crippen LogP contribution in [0.5, 0.6) is 0 Å². The van der Waals surface area contributed by atoms with Crippen LogP contribution in [0.25, 0.3) is 11.3 Å². The fourth-order valence-electron chi connectivity index (χ4n) is 2.59. The monoisotopic (exact) mass is 348 g/mol. The highest BCUT2D eigenvalue weighted by Crippen LogP contribution is 2.32. The van der Waals surface area contributed by atoms with Crippen molar-refractivity contribution in [3.8, 4) is 11.3 Å². The van der Waals surface area contributed by atoms with Gasteiger partial charge in [-0.3, -0.25) is 4.79 Å². The fourth-order valence-corrected chi connectivity index (χ4v) is 2.72. The number of aliphatic hydroxyl groups excluding tert-OH is 1. The highest BCUT2D eigenvalue weighted by atomic mass is 35.5. The smallest absolute Gasteiger partial charge is 0.234 e. The first-order valence-electron chi connectivity index (χ1n) is 8.11. The number of nitrogens with one attached hydrogen (secondary N) is 2. The van der Waals surface area contributed by atoms with Crippen LogP contribution in [-0.2, 0) is 11.3 Å². The molecule has 5 nitrogen and oxygen atoms in total. The molecule has 1 fully saturated rings. The van der Waals surface area contributed by atoms with Crippen LogP contribution >= 0.6 is 11.6 Å². The predicted molar refractivity (Wildman–Crippen MR) is 92.6 cm³/mol. The molecular weight excluding hydrogens is 328 g/mol. The molecule has 0 radical (unpaired) electrons. The van der Waals surface area contributed by atoms with Crippen LogP contribution in [0.4, 0.5) is 0 Å². The molecule has 2 aromatic rings. The minimum Gasteiger partial charge on any atom is -0.459 e. The first-order valence-corrected chi connectivity index (χ1v) is 8.49. The Kier molecular flexibility index (Phi) is 5.56. The van der Waals surface area contributed by atoms with Crippen molar-refractivity contribution >= 4 is 17.5 Å². The topological polar surface area (TPSA) is 74.5 Å². The summed E-state index contributed by atoms with van der Waals surface area (Å²) in [6, 6.07) is 11.1. The highest BCUT2D eigenvalue weighted by Gasteiger charge is 2.30. The molecule has 0 aliphatic heterocycles. The average Bonchev–Trinajstić information content (AvgIpc) is 3.32. The summed E-state index contributed by atoms with van der Waals surface area (Å²) >= 11 is 5.87. The van der Waals surface area contributed by atoms with Gasteiger partial charge in [-0.1, -0.05) is 11.6 Å². The molecule has 1 saturated carbocycles. The number of rotatable bonds is 8. The molecule has 1 aliphatic carbocycles. The molecule has 128 valence electrons. The summed E-state index contributed by atoms with van der Waals surface area (Å²) in [4.78, 5) is 11.9. The lowest BCUT2D eigenvalue weighted by Gasteiger charge is -2.14. The van der Waals surface area contributed by atoms with Crippen LogP contribution in [-0.4, -0.2) is 30.2 Å². The second-order valence-electron chi connectivity index (χ2n) is 6.06. The molecule has 1 aromatic carbocycles. The zero-order chi connectivity index (χ0) is 16.9. The van der Waals surface area contributed by atoms with Crippen LogP contribution in [0.2, 0.25) is 5.02 Å². The maximum atomic E-state index is 11.9. The maximum Gasteiger partial charge on any atom is 0.234 e. The zero-order valence-electron chi connectivity index (χ0n) is 13.3. The van der Waals surface area contributed by atoms with E-state index in [0.717, 1.165) is 24.2 Å². The van der Waals surface area contributed by atoms with Crippen LogP contribution in [0.3, 0.4) is 0 Å². The number of hydrogen-bond donors (Lipinski definition) is 3. The summed E-state index contributed by atoms with van der Waals surface area (Å²) in [6.45, 7) is 0.606. The number of aliphatic hydroxyl groups is 1. The lowest BCUT2D eigenvalue weighted by molar-refractivity contribution is -0.120. The highest BCUT2D eigenvalue weighted by molar-refractivity contribution is 6.30. The van der Waals surface area contributed by atoms with E-state index in [-0.39, 0.29) is 25.1 Å². The number of halogens is 1. The number of benzene rings is 1. The van der Waals surface area contributed by atoms with Gasteiger partial charge in [-0.25, -0.2) is 0 Å². The largest absolute Gasteiger partial charge is 0.459 e. The second kappa shape index (κ2) is 7.83. The van der Waals surface area contributed by atoms with Gasteiger partial charge in [0, 0.05) is 16.6 Å². The van der Waals surface area contributed by atoms with Gasteiger partial charge in [0.15, 0.2) is 0 Å². The van der Waals surface area contributed by atoms with Gasteiger partial charge in [0.2, 0.25) is 5.91 Å². The predicted octanol–water partition coefficient (Wildman–Crippen LogP) is 2.58. The molecule has 0 bridgehead atoms. The Morgan fingerprint density at radius 2 is 2.00 bits per heavy atom. The van der Waals surface area contributed by atoms with Crippen LogP contribution in [0.15, 0.2) is 40.8 Å². The Hall–Kier alpha value is -1.82. The number of carbonyl (C=O) groups is 1. The number of furan rings is 1. The molecule has 0 unspecified atom stereocenters. The Morgan fingerprint density at radius 1 is 1.25 bits per heavy atom. The molecule has 1 atom stereocenters. The van der Waals surface area contributed by atoms with Crippen molar-refractivity contribution in [1.82, 2.24) is 10.6 Å². The summed E-state index contributed by atoms with van der Waals surface area (Å²) in [7, 11) is 0. The molecule has 3 rings (SSSR count). The number of amides is 1. The summed E-state index contributed by atoms with van der Waals surface area (Å²) < 4.78 is 5.74. The number of hydrogen-bond acceptors (Lipinski definition) is 4. The zero-order valence-corrected chi connectivity index (χ0v) is 14.1. The minimum absolute atomic E-state index is 0.0240. The molecular formula is C18H21ClN2O3. The van der Waals surface area contributed by atoms with E-state index in [1.54, 1.807) is 0 Å². The minimum atomic E-state index is -0.112. The molecule has 1 aliphatic rings. The first-order chi connectivity index (χ1) is 11.7. The molecule has 6 heteroatoms. The van der Waals surface area contributed by atoms with Gasteiger partial charge in [0.1, 0.15) is 11.5 Å². The third-order valence-electron chi connectivity index (χ3n) is 4.16. The molecule has 24 heavy (non-hydrogen) atoms. The van der Waals surface area contributed by atoms with Crippen molar-refractivity contribution in [2.45, 2.75) is 25.4 Å². The standard InChI is InChI=1S/C18H21ClN2O3/c19-14-5-3-13(4-6-14)17-8-7-15(24-17)9-21-18(23)10-20-16(11-22)12-1-2-12/h3-8,12,16,20,22H,1-2,9-11H2,(H,21,23)/t16-/m0/s1. The third-order valence-corrected chi connectivity index (χ3v) is 4.41. The Morgan fingerprint density at radius 3 is 2.67 bits per heavy atom. The molecule has 0 saturated heterocycles. The summed E-state index contributed by atoms with van der Waals surface area (Å²) in [5.74, 6) is 1.82. The van der Waals surface area contributed by atoms with Crippen molar-refractivity contribution in [3.63, 3.8) is 0 Å². The summed E-state index contributed by atoms with van der Waals surface area (Å²) in [5.41, 5.74) is 0.939. The second-order valence-corrected chi connectivity index (χ2v) is 6.49. The van der Waals surface area contributed by atoms with Crippen LogP contribution < -0.4 is 10.6 Å². The van der Waals surface area contributed by atoms with Gasteiger partial charge in [-0.2, -0.15) is 0 Å². The van der Waals surface area contributed by atoms with Gasteiger partial charge in [-0.05, 0) is 55.2 Å². The van der Waals surface area contributed by atoms with Crippen molar-refractivity contribution in [3.05, 3.63) is 47.2 Å². The van der Waals surface area contributed by atoms with E-state index < -0.39 is 0 Å². The Labute approximate surface area is 146 Å². The Balaban J connectivity index is 1.46. The number of carbonyl (C=O) groups excluding carboxylic acids is 1. The molecule has 1 heterocycles. The molecule has 0 spiro atoms. The maximum absolute atomic E-state index is 11.9. The van der Waals surface area contributed by atoms with Gasteiger partial charge in [0.25, 0.3) is 0 Å². The lowest BCUT2D eigenvalue weighted by atomic mass is 10.2. The van der Waals surface area contributed by atoms with Crippen LogP contribution in [0.1, 0.15) is 18.6 Å². The van der Waals surface area contributed by atoms with E-state index in [0.29, 0.717) is 23.2 Å². The van der Waals surface area contributed by atoms with E-state index in [9.17, 15) is 9.90 Å². The van der Waals surface area contributed by atoms with E-state index in [2.05, 4.69) is 10.6 Å². The van der Waals surface area contributed by atoms with Gasteiger partial charge < -0.3 is 20.2 Å². The van der Waals surface area contributed by atoms with Crippen LogP contribution in [0, 0.1) is 5.92 Å².